The van der Waals surface area contributed by atoms with Gasteiger partial charge < -0.3 is 16.0 Å². The molecule has 100 valence electrons. The molecule has 1 atom stereocenters. The van der Waals surface area contributed by atoms with E-state index in [1.54, 1.807) is 0 Å². The van der Waals surface area contributed by atoms with Crippen LogP contribution in [0.15, 0.2) is 18.2 Å². The number of hydrogen-bond donors (Lipinski definition) is 2. The molecule has 1 aliphatic rings. The van der Waals surface area contributed by atoms with Gasteiger partial charge >= 0.3 is 0 Å². The van der Waals surface area contributed by atoms with E-state index in [4.69, 9.17) is 17.3 Å². The maximum absolute atomic E-state index is 6.13. The molecule has 18 heavy (non-hydrogen) atoms. The highest BCUT2D eigenvalue weighted by molar-refractivity contribution is 6.33. The zero-order valence-electron chi connectivity index (χ0n) is 11.0. The fourth-order valence-electron chi connectivity index (χ4n) is 2.47. The number of para-hydroxylation sites is 1. The standard InChI is InChI=1S/C14H22ClN3/c1-11(10-18-7-2-3-8-18)9-17-14-12(15)5-4-6-13(14)16/h4-6,11,17H,2-3,7-10,16H2,1H3. The monoisotopic (exact) mass is 267 g/mol. The van der Waals surface area contributed by atoms with Gasteiger partial charge in [0.25, 0.3) is 0 Å². The van der Waals surface area contributed by atoms with Crippen molar-refractivity contribution >= 4 is 23.0 Å². The first-order valence-corrected chi connectivity index (χ1v) is 7.05. The van der Waals surface area contributed by atoms with E-state index >= 15 is 0 Å². The van der Waals surface area contributed by atoms with Gasteiger partial charge in [-0.2, -0.15) is 0 Å². The molecule has 1 aliphatic heterocycles. The summed E-state index contributed by atoms with van der Waals surface area (Å²) in [6.45, 7) is 6.82. The van der Waals surface area contributed by atoms with Crippen molar-refractivity contribution in [3.8, 4) is 0 Å². The lowest BCUT2D eigenvalue weighted by molar-refractivity contribution is 0.294. The molecule has 1 unspecified atom stereocenters. The minimum atomic E-state index is 0.596. The molecule has 1 saturated heterocycles. The van der Waals surface area contributed by atoms with Crippen LogP contribution in [0.2, 0.25) is 5.02 Å². The zero-order chi connectivity index (χ0) is 13.0. The zero-order valence-corrected chi connectivity index (χ0v) is 11.7. The Morgan fingerprint density at radius 1 is 1.39 bits per heavy atom. The summed E-state index contributed by atoms with van der Waals surface area (Å²) >= 11 is 6.13. The summed E-state index contributed by atoms with van der Waals surface area (Å²) in [5.41, 5.74) is 7.50. The molecule has 2 rings (SSSR count). The van der Waals surface area contributed by atoms with Gasteiger partial charge in [-0.25, -0.2) is 0 Å². The maximum atomic E-state index is 6.13. The fraction of sp³-hybridized carbons (Fsp3) is 0.571. The molecule has 4 heteroatoms. The van der Waals surface area contributed by atoms with Crippen molar-refractivity contribution in [1.82, 2.24) is 4.90 Å². The second kappa shape index (κ2) is 6.30. The largest absolute Gasteiger partial charge is 0.397 e. The normalized spacial score (nSPS) is 17.9. The number of nitrogen functional groups attached to an aromatic ring is 1. The number of nitrogens with one attached hydrogen (secondary N) is 1. The van der Waals surface area contributed by atoms with Crippen molar-refractivity contribution in [1.29, 1.82) is 0 Å². The average molecular weight is 268 g/mol. The van der Waals surface area contributed by atoms with Crippen molar-refractivity contribution in [3.05, 3.63) is 23.2 Å². The summed E-state index contributed by atoms with van der Waals surface area (Å²) in [6, 6.07) is 5.61. The molecule has 3 N–H and O–H groups in total. The number of nitrogens with two attached hydrogens (primary N) is 1. The second-order valence-electron chi connectivity index (χ2n) is 5.20. The van der Waals surface area contributed by atoms with E-state index in [9.17, 15) is 0 Å². The van der Waals surface area contributed by atoms with Crippen molar-refractivity contribution in [2.45, 2.75) is 19.8 Å². The van der Waals surface area contributed by atoms with Crippen LogP contribution in [0, 0.1) is 5.92 Å². The quantitative estimate of drug-likeness (QED) is 0.806. The van der Waals surface area contributed by atoms with Crippen LogP contribution < -0.4 is 11.1 Å². The van der Waals surface area contributed by atoms with E-state index in [1.807, 2.05) is 18.2 Å². The summed E-state index contributed by atoms with van der Waals surface area (Å²) in [5.74, 6) is 0.596. The van der Waals surface area contributed by atoms with E-state index < -0.39 is 0 Å². The number of rotatable bonds is 5. The van der Waals surface area contributed by atoms with Crippen LogP contribution in [-0.4, -0.2) is 31.1 Å². The Kier molecular flexibility index (Phi) is 4.72. The van der Waals surface area contributed by atoms with Gasteiger partial charge in [0.15, 0.2) is 0 Å². The molecule has 0 spiro atoms. The lowest BCUT2D eigenvalue weighted by Crippen LogP contribution is -2.29. The Labute approximate surface area is 114 Å². The van der Waals surface area contributed by atoms with Crippen LogP contribution in [0.4, 0.5) is 11.4 Å². The SMILES string of the molecule is CC(CNc1c(N)cccc1Cl)CN1CCCC1. The average Bonchev–Trinajstić information content (AvgIpc) is 2.81. The van der Waals surface area contributed by atoms with E-state index in [-0.39, 0.29) is 0 Å². The highest BCUT2D eigenvalue weighted by Gasteiger charge is 2.15. The predicted octanol–water partition coefficient (Wildman–Crippen LogP) is 3.07. The molecule has 3 nitrogen and oxygen atoms in total. The molecule has 0 saturated carbocycles. The van der Waals surface area contributed by atoms with Gasteiger partial charge in [0.05, 0.1) is 16.4 Å². The molecule has 0 radical (unpaired) electrons. The molecule has 1 aromatic carbocycles. The van der Waals surface area contributed by atoms with Gasteiger partial charge in [-0.05, 0) is 44.0 Å². The summed E-state index contributed by atoms with van der Waals surface area (Å²) in [4.78, 5) is 2.53. The topological polar surface area (TPSA) is 41.3 Å². The van der Waals surface area contributed by atoms with Gasteiger partial charge in [-0.1, -0.05) is 24.6 Å². The van der Waals surface area contributed by atoms with Crippen molar-refractivity contribution in [3.63, 3.8) is 0 Å². The predicted molar refractivity (Wildman–Crippen MR) is 79.2 cm³/mol. The Hall–Kier alpha value is -0.930. The molecule has 1 fully saturated rings. The smallest absolute Gasteiger partial charge is 0.0763 e. The number of hydrogen-bond acceptors (Lipinski definition) is 3. The van der Waals surface area contributed by atoms with E-state index in [0.29, 0.717) is 10.9 Å². The molecule has 0 amide bonds. The molecule has 0 aromatic heterocycles. The summed E-state index contributed by atoms with van der Waals surface area (Å²) < 4.78 is 0. The number of likely N-dealkylation sites (tertiary alicyclic amines) is 1. The van der Waals surface area contributed by atoms with Crippen molar-refractivity contribution in [2.24, 2.45) is 5.92 Å². The van der Waals surface area contributed by atoms with Crippen LogP contribution in [0.3, 0.4) is 0 Å². The number of halogens is 1. The first kappa shape index (κ1) is 13.5. The van der Waals surface area contributed by atoms with Crippen LogP contribution >= 0.6 is 11.6 Å². The lowest BCUT2D eigenvalue weighted by atomic mass is 10.1. The van der Waals surface area contributed by atoms with Gasteiger partial charge in [0, 0.05) is 13.1 Å². The molecule has 0 aliphatic carbocycles. The first-order valence-electron chi connectivity index (χ1n) is 6.67. The van der Waals surface area contributed by atoms with Gasteiger partial charge in [0.1, 0.15) is 0 Å². The maximum Gasteiger partial charge on any atom is 0.0763 e. The first-order chi connectivity index (χ1) is 8.66. The van der Waals surface area contributed by atoms with Crippen LogP contribution in [-0.2, 0) is 0 Å². The van der Waals surface area contributed by atoms with Gasteiger partial charge in [-0.15, -0.1) is 0 Å². The highest BCUT2D eigenvalue weighted by atomic mass is 35.5. The Morgan fingerprint density at radius 3 is 2.78 bits per heavy atom. The molecule has 1 aromatic rings. The Balaban J connectivity index is 1.83. The van der Waals surface area contributed by atoms with Crippen LogP contribution in [0.1, 0.15) is 19.8 Å². The molecule has 1 heterocycles. The number of anilines is 2. The number of nitrogens with zero attached hydrogens (tertiary/aromatic N) is 1. The van der Waals surface area contributed by atoms with Crippen molar-refractivity contribution < 1.29 is 0 Å². The third-order valence-electron chi connectivity index (χ3n) is 3.44. The van der Waals surface area contributed by atoms with Gasteiger partial charge in [0.2, 0.25) is 0 Å². The van der Waals surface area contributed by atoms with Gasteiger partial charge in [-0.3, -0.25) is 0 Å². The minimum absolute atomic E-state index is 0.596. The Bertz CT molecular complexity index is 368. The fourth-order valence-corrected chi connectivity index (χ4v) is 2.72. The Morgan fingerprint density at radius 2 is 2.11 bits per heavy atom. The summed E-state index contributed by atoms with van der Waals surface area (Å²) in [6.07, 6.45) is 2.69. The molecular weight excluding hydrogens is 246 g/mol. The van der Waals surface area contributed by atoms with E-state index in [2.05, 4.69) is 17.1 Å². The molecular formula is C14H22ClN3. The minimum Gasteiger partial charge on any atom is -0.397 e. The van der Waals surface area contributed by atoms with Crippen LogP contribution in [0.5, 0.6) is 0 Å². The van der Waals surface area contributed by atoms with Crippen LogP contribution in [0.25, 0.3) is 0 Å². The summed E-state index contributed by atoms with van der Waals surface area (Å²) in [7, 11) is 0. The van der Waals surface area contributed by atoms with E-state index in [1.165, 1.54) is 25.9 Å². The molecule has 0 bridgehead atoms. The third-order valence-corrected chi connectivity index (χ3v) is 3.76. The lowest BCUT2D eigenvalue weighted by Gasteiger charge is -2.21. The van der Waals surface area contributed by atoms with Crippen molar-refractivity contribution in [2.75, 3.05) is 37.2 Å². The highest BCUT2D eigenvalue weighted by Crippen LogP contribution is 2.27. The third kappa shape index (κ3) is 3.53. The van der Waals surface area contributed by atoms with E-state index in [0.717, 1.165) is 24.5 Å². The summed E-state index contributed by atoms with van der Waals surface area (Å²) in [5, 5.41) is 4.07. The second-order valence-corrected chi connectivity index (χ2v) is 5.61. The number of benzene rings is 1.